The van der Waals surface area contributed by atoms with Gasteiger partial charge in [-0.3, -0.25) is 4.79 Å². The third kappa shape index (κ3) is 3.22. The molecule has 0 saturated heterocycles. The molecule has 134 valence electrons. The van der Waals surface area contributed by atoms with Crippen molar-refractivity contribution in [3.8, 4) is 5.75 Å². The Morgan fingerprint density at radius 1 is 1.00 bits per heavy atom. The minimum Gasteiger partial charge on any atom is -0.497 e. The van der Waals surface area contributed by atoms with Crippen LogP contribution in [0.15, 0.2) is 72.8 Å². The lowest BCUT2D eigenvalue weighted by Gasteiger charge is -2.15. The van der Waals surface area contributed by atoms with E-state index in [2.05, 4.69) is 10.6 Å². The molecule has 0 fully saturated rings. The van der Waals surface area contributed by atoms with Gasteiger partial charge >= 0.3 is 0 Å². The molecule has 4 rings (SSSR count). The number of amides is 1. The first-order chi connectivity index (χ1) is 13.2. The predicted molar refractivity (Wildman–Crippen MR) is 109 cm³/mol. The number of rotatable bonds is 4. The van der Waals surface area contributed by atoms with E-state index in [9.17, 15) is 4.79 Å². The van der Waals surface area contributed by atoms with E-state index in [1.54, 1.807) is 13.2 Å². The summed E-state index contributed by atoms with van der Waals surface area (Å²) in [6.07, 6.45) is 0. The zero-order chi connectivity index (χ0) is 18.8. The highest BCUT2D eigenvalue weighted by molar-refractivity contribution is 6.37. The number of nitrogens with one attached hydrogen (secondary N) is 2. The van der Waals surface area contributed by atoms with Gasteiger partial charge in [0.25, 0.3) is 5.91 Å². The smallest absolute Gasteiger partial charge is 0.258 e. The normalized spacial score (nSPS) is 14.3. The summed E-state index contributed by atoms with van der Waals surface area (Å²) in [6, 6.07) is 22.8. The van der Waals surface area contributed by atoms with Crippen LogP contribution in [0.25, 0.3) is 11.3 Å². The molecule has 0 unspecified atom stereocenters. The van der Waals surface area contributed by atoms with E-state index in [-0.39, 0.29) is 5.91 Å². The molecule has 0 saturated carbocycles. The summed E-state index contributed by atoms with van der Waals surface area (Å²) in [5.41, 5.74) is 11.1. The molecule has 1 amide bonds. The fraction of sp³-hybridized carbons (Fsp3) is 0.0455. The van der Waals surface area contributed by atoms with Crippen LogP contribution >= 0.6 is 0 Å². The maximum atomic E-state index is 12.8. The van der Waals surface area contributed by atoms with Crippen LogP contribution in [0.2, 0.25) is 0 Å². The van der Waals surface area contributed by atoms with Gasteiger partial charge in [-0.2, -0.15) is 0 Å². The molecule has 27 heavy (non-hydrogen) atoms. The molecule has 1 aliphatic rings. The van der Waals surface area contributed by atoms with Crippen molar-refractivity contribution in [3.63, 3.8) is 0 Å². The number of nitrogens with two attached hydrogens (primary N) is 1. The van der Waals surface area contributed by atoms with E-state index in [4.69, 9.17) is 10.5 Å². The Balaban J connectivity index is 1.90. The fourth-order valence-electron chi connectivity index (χ4n) is 3.16. The second kappa shape index (κ2) is 6.88. The molecule has 0 bridgehead atoms. The molecule has 3 aromatic carbocycles. The van der Waals surface area contributed by atoms with Crippen molar-refractivity contribution in [1.82, 2.24) is 0 Å². The number of ether oxygens (including phenoxy) is 1. The minimum atomic E-state index is -0.162. The number of nitrogen functional groups attached to an aromatic ring is 1. The molecular formula is C22H19N3O2. The highest BCUT2D eigenvalue weighted by Crippen LogP contribution is 2.38. The first-order valence-electron chi connectivity index (χ1n) is 8.58. The van der Waals surface area contributed by atoms with Crippen LogP contribution in [0.3, 0.4) is 0 Å². The van der Waals surface area contributed by atoms with Crippen LogP contribution in [0, 0.1) is 0 Å². The van der Waals surface area contributed by atoms with E-state index < -0.39 is 0 Å². The van der Waals surface area contributed by atoms with E-state index in [1.165, 1.54) is 0 Å². The average Bonchev–Trinajstić information content (AvgIpc) is 3.02. The van der Waals surface area contributed by atoms with Crippen LogP contribution < -0.4 is 21.1 Å². The van der Waals surface area contributed by atoms with Gasteiger partial charge in [0, 0.05) is 28.7 Å². The van der Waals surface area contributed by atoms with Crippen molar-refractivity contribution in [2.24, 2.45) is 0 Å². The molecule has 0 spiro atoms. The summed E-state index contributed by atoms with van der Waals surface area (Å²) in [5, 5.41) is 6.32. The zero-order valence-corrected chi connectivity index (χ0v) is 14.8. The molecule has 0 aromatic heterocycles. The van der Waals surface area contributed by atoms with E-state index >= 15 is 0 Å². The lowest BCUT2D eigenvalue weighted by molar-refractivity contribution is -0.110. The van der Waals surface area contributed by atoms with E-state index in [0.717, 1.165) is 28.3 Å². The van der Waals surface area contributed by atoms with Crippen LogP contribution in [-0.2, 0) is 4.79 Å². The van der Waals surface area contributed by atoms with Crippen molar-refractivity contribution < 1.29 is 9.53 Å². The summed E-state index contributed by atoms with van der Waals surface area (Å²) in [7, 11) is 1.62. The van der Waals surface area contributed by atoms with Gasteiger partial charge in [-0.05, 0) is 35.9 Å². The maximum Gasteiger partial charge on any atom is 0.258 e. The predicted octanol–water partition coefficient (Wildman–Crippen LogP) is 4.21. The fourth-order valence-corrected chi connectivity index (χ4v) is 3.16. The Bertz CT molecular complexity index is 1040. The van der Waals surface area contributed by atoms with Gasteiger partial charge in [-0.1, -0.05) is 36.4 Å². The Morgan fingerprint density at radius 2 is 1.81 bits per heavy atom. The number of carbonyl (C=O) groups excluding carboxylic acids is 1. The third-order valence-corrected chi connectivity index (χ3v) is 4.44. The van der Waals surface area contributed by atoms with Crippen LogP contribution in [0.4, 0.5) is 17.1 Å². The molecule has 1 heterocycles. The van der Waals surface area contributed by atoms with Crippen molar-refractivity contribution in [1.29, 1.82) is 0 Å². The van der Waals surface area contributed by atoms with Gasteiger partial charge in [0.2, 0.25) is 0 Å². The molecule has 0 aliphatic carbocycles. The van der Waals surface area contributed by atoms with Crippen LogP contribution in [-0.4, -0.2) is 13.0 Å². The number of anilines is 3. The quantitative estimate of drug-likeness (QED) is 0.483. The van der Waals surface area contributed by atoms with E-state index in [1.807, 2.05) is 66.7 Å². The average molecular weight is 357 g/mol. The summed E-state index contributed by atoms with van der Waals surface area (Å²) in [4.78, 5) is 12.8. The second-order valence-electron chi connectivity index (χ2n) is 6.23. The summed E-state index contributed by atoms with van der Waals surface area (Å²) < 4.78 is 5.31. The molecular weight excluding hydrogens is 338 g/mol. The summed E-state index contributed by atoms with van der Waals surface area (Å²) in [5.74, 6) is 0.572. The van der Waals surface area contributed by atoms with Crippen LogP contribution in [0.1, 0.15) is 11.1 Å². The first kappa shape index (κ1) is 16.7. The molecule has 3 aromatic rings. The van der Waals surface area contributed by atoms with Crippen molar-refractivity contribution in [2.45, 2.75) is 0 Å². The van der Waals surface area contributed by atoms with Gasteiger partial charge in [0.15, 0.2) is 0 Å². The molecule has 4 N–H and O–H groups in total. The third-order valence-electron chi connectivity index (χ3n) is 4.44. The minimum absolute atomic E-state index is 0.162. The number of carbonyl (C=O) groups is 1. The summed E-state index contributed by atoms with van der Waals surface area (Å²) >= 11 is 0. The molecule has 0 atom stereocenters. The SMILES string of the molecule is COc1cccc(N/C(=C2\C(=O)Nc3ccc(N)cc32)c2ccccc2)c1. The van der Waals surface area contributed by atoms with Gasteiger partial charge in [0.05, 0.1) is 18.4 Å². The van der Waals surface area contributed by atoms with Crippen molar-refractivity contribution in [3.05, 3.63) is 83.9 Å². The zero-order valence-electron chi connectivity index (χ0n) is 14.8. The standard InChI is InChI=1S/C22H19N3O2/c1-27-17-9-5-8-16(13-17)24-21(14-6-3-2-4-7-14)20-18-12-15(23)10-11-19(18)25-22(20)26/h2-13,24H,23H2,1H3,(H,25,26)/b21-20-. The number of fused-ring (bicyclic) bond motifs is 1. The molecule has 0 radical (unpaired) electrons. The largest absolute Gasteiger partial charge is 0.497 e. The maximum absolute atomic E-state index is 12.8. The topological polar surface area (TPSA) is 76.4 Å². The highest BCUT2D eigenvalue weighted by Gasteiger charge is 2.28. The van der Waals surface area contributed by atoms with Gasteiger partial charge < -0.3 is 21.1 Å². The lowest BCUT2D eigenvalue weighted by atomic mass is 9.99. The van der Waals surface area contributed by atoms with Gasteiger partial charge in [-0.25, -0.2) is 0 Å². The van der Waals surface area contributed by atoms with Gasteiger partial charge in [-0.15, -0.1) is 0 Å². The molecule has 5 heteroatoms. The van der Waals surface area contributed by atoms with Crippen molar-refractivity contribution in [2.75, 3.05) is 23.5 Å². The van der Waals surface area contributed by atoms with Gasteiger partial charge in [0.1, 0.15) is 5.75 Å². The second-order valence-corrected chi connectivity index (χ2v) is 6.23. The number of hydrogen-bond acceptors (Lipinski definition) is 4. The first-order valence-corrected chi connectivity index (χ1v) is 8.58. The monoisotopic (exact) mass is 357 g/mol. The Hall–Kier alpha value is -3.73. The molecule has 1 aliphatic heterocycles. The Morgan fingerprint density at radius 3 is 2.59 bits per heavy atom. The van der Waals surface area contributed by atoms with Crippen molar-refractivity contribution >= 4 is 34.2 Å². The van der Waals surface area contributed by atoms with Crippen LogP contribution in [0.5, 0.6) is 5.75 Å². The Labute approximate surface area is 157 Å². The molecule has 5 nitrogen and oxygen atoms in total. The highest BCUT2D eigenvalue weighted by atomic mass is 16.5. The summed E-state index contributed by atoms with van der Waals surface area (Å²) in [6.45, 7) is 0. The number of hydrogen-bond donors (Lipinski definition) is 3. The number of benzene rings is 3. The Kier molecular flexibility index (Phi) is 4.26. The van der Waals surface area contributed by atoms with E-state index in [0.29, 0.717) is 17.0 Å². The lowest BCUT2D eigenvalue weighted by Crippen LogP contribution is -2.10. The number of methoxy groups -OCH3 is 1.